The number of amides is 1. The number of ether oxygens (including phenoxy) is 1. The van der Waals surface area contributed by atoms with Gasteiger partial charge < -0.3 is 4.74 Å². The van der Waals surface area contributed by atoms with Crippen molar-refractivity contribution >= 4 is 29.5 Å². The van der Waals surface area contributed by atoms with Crippen LogP contribution in [0.4, 0.5) is 5.69 Å². The topological polar surface area (TPSA) is 46.6 Å². The van der Waals surface area contributed by atoms with Crippen molar-refractivity contribution < 1.29 is 14.3 Å². The summed E-state index contributed by atoms with van der Waals surface area (Å²) in [5.41, 5.74) is 1.72. The second kappa shape index (κ2) is 8.36. The minimum absolute atomic E-state index is 0.165. The predicted molar refractivity (Wildman–Crippen MR) is 103 cm³/mol. The maximum absolute atomic E-state index is 13.1. The van der Waals surface area contributed by atoms with Crippen LogP contribution < -0.4 is 4.31 Å². The number of nitrogens with zero attached hydrogens (tertiary/aromatic N) is 1. The Morgan fingerprint density at radius 2 is 1.38 bits per heavy atom. The van der Waals surface area contributed by atoms with Crippen LogP contribution in [0.5, 0.6) is 0 Å². The molecule has 0 spiro atoms. The number of esters is 1. The van der Waals surface area contributed by atoms with Gasteiger partial charge in [0.2, 0.25) is 0 Å². The molecule has 1 amide bonds. The summed E-state index contributed by atoms with van der Waals surface area (Å²) in [5.74, 6) is -0.602. The van der Waals surface area contributed by atoms with Crippen molar-refractivity contribution in [1.29, 1.82) is 0 Å². The molecule has 0 saturated heterocycles. The van der Waals surface area contributed by atoms with E-state index in [2.05, 4.69) is 0 Å². The van der Waals surface area contributed by atoms with E-state index in [0.717, 1.165) is 5.69 Å². The normalized spacial score (nSPS) is 10.2. The molecule has 0 aromatic heterocycles. The molecule has 0 aliphatic rings. The Balaban J connectivity index is 2.01. The molecular formula is C21H17NO3S. The average molecular weight is 363 g/mol. The number of rotatable bonds is 5. The third kappa shape index (κ3) is 3.95. The van der Waals surface area contributed by atoms with E-state index in [1.54, 1.807) is 34.6 Å². The smallest absolute Gasteiger partial charge is 0.339 e. The molecular weight excluding hydrogens is 346 g/mol. The van der Waals surface area contributed by atoms with Crippen molar-refractivity contribution in [3.05, 3.63) is 96.1 Å². The van der Waals surface area contributed by atoms with Crippen LogP contribution in [-0.4, -0.2) is 19.0 Å². The fraction of sp³-hybridized carbons (Fsp3) is 0.0476. The Kier molecular flexibility index (Phi) is 5.71. The number of anilines is 1. The largest absolute Gasteiger partial charge is 0.465 e. The van der Waals surface area contributed by atoms with Crippen LogP contribution in [0.25, 0.3) is 0 Å². The number of methoxy groups -OCH3 is 1. The molecule has 0 aliphatic heterocycles. The van der Waals surface area contributed by atoms with Crippen LogP contribution in [0.3, 0.4) is 0 Å². The molecule has 0 aliphatic carbocycles. The van der Waals surface area contributed by atoms with E-state index in [0.29, 0.717) is 16.0 Å². The van der Waals surface area contributed by atoms with E-state index >= 15 is 0 Å². The number of carbonyl (C=O) groups is 2. The lowest BCUT2D eigenvalue weighted by molar-refractivity contribution is 0.0596. The summed E-state index contributed by atoms with van der Waals surface area (Å²) in [6.45, 7) is 0. The minimum atomic E-state index is -0.437. The summed E-state index contributed by atoms with van der Waals surface area (Å²) in [5, 5.41) is 0. The van der Waals surface area contributed by atoms with Gasteiger partial charge in [-0.2, -0.15) is 0 Å². The lowest BCUT2D eigenvalue weighted by atomic mass is 10.2. The first kappa shape index (κ1) is 17.8. The molecule has 26 heavy (non-hydrogen) atoms. The van der Waals surface area contributed by atoms with E-state index in [9.17, 15) is 9.59 Å². The molecule has 0 heterocycles. The average Bonchev–Trinajstić information content (AvgIpc) is 2.72. The van der Waals surface area contributed by atoms with E-state index in [1.165, 1.54) is 19.1 Å². The summed E-state index contributed by atoms with van der Waals surface area (Å²) in [6, 6.07) is 25.5. The van der Waals surface area contributed by atoms with E-state index in [1.807, 2.05) is 54.6 Å². The zero-order valence-electron chi connectivity index (χ0n) is 14.2. The number of carbonyl (C=O) groups excluding carboxylic acids is 2. The predicted octanol–water partition coefficient (Wildman–Crippen LogP) is 4.83. The molecule has 0 saturated carbocycles. The Morgan fingerprint density at radius 1 is 0.808 bits per heavy atom. The van der Waals surface area contributed by atoms with Crippen LogP contribution in [0, 0.1) is 0 Å². The Morgan fingerprint density at radius 3 is 2.04 bits per heavy atom. The minimum Gasteiger partial charge on any atom is -0.465 e. The number of hydrogen-bond acceptors (Lipinski definition) is 4. The molecule has 0 atom stereocenters. The number of benzene rings is 3. The standard InChI is InChI=1S/C21H17NO3S/c1-25-21(24)18-14-8-9-15-19(18)26-22(17-12-6-3-7-13-17)20(23)16-10-4-2-5-11-16/h2-15H,1H3. The van der Waals surface area contributed by atoms with Gasteiger partial charge in [-0.25, -0.2) is 9.10 Å². The van der Waals surface area contributed by atoms with Crippen molar-refractivity contribution in [2.75, 3.05) is 11.4 Å². The summed E-state index contributed by atoms with van der Waals surface area (Å²) >= 11 is 1.20. The summed E-state index contributed by atoms with van der Waals surface area (Å²) in [7, 11) is 1.34. The van der Waals surface area contributed by atoms with Crippen molar-refractivity contribution in [3.63, 3.8) is 0 Å². The third-order valence-corrected chi connectivity index (χ3v) is 4.79. The van der Waals surface area contributed by atoms with Crippen LogP contribution in [0.1, 0.15) is 20.7 Å². The Bertz CT molecular complexity index is 897. The highest BCUT2D eigenvalue weighted by Crippen LogP contribution is 2.32. The summed E-state index contributed by atoms with van der Waals surface area (Å²) in [4.78, 5) is 25.8. The molecule has 3 aromatic carbocycles. The van der Waals surface area contributed by atoms with Gasteiger partial charge in [0.25, 0.3) is 5.91 Å². The molecule has 0 N–H and O–H groups in total. The van der Waals surface area contributed by atoms with Crippen molar-refractivity contribution in [2.45, 2.75) is 4.90 Å². The molecule has 0 fully saturated rings. The first-order valence-electron chi connectivity index (χ1n) is 8.00. The van der Waals surface area contributed by atoms with Crippen LogP contribution in [-0.2, 0) is 4.74 Å². The van der Waals surface area contributed by atoms with Gasteiger partial charge in [0, 0.05) is 10.5 Å². The van der Waals surface area contributed by atoms with Crippen molar-refractivity contribution in [2.24, 2.45) is 0 Å². The SMILES string of the molecule is COC(=O)c1ccccc1SN(C(=O)c1ccccc1)c1ccccc1. The quantitative estimate of drug-likeness (QED) is 0.481. The first-order chi connectivity index (χ1) is 12.7. The zero-order valence-corrected chi connectivity index (χ0v) is 15.0. The van der Waals surface area contributed by atoms with Gasteiger partial charge in [0.15, 0.2) is 0 Å². The second-order valence-corrected chi connectivity index (χ2v) is 6.37. The first-order valence-corrected chi connectivity index (χ1v) is 8.78. The maximum atomic E-state index is 13.1. The zero-order chi connectivity index (χ0) is 18.4. The van der Waals surface area contributed by atoms with E-state index in [4.69, 9.17) is 4.74 Å². The third-order valence-electron chi connectivity index (χ3n) is 3.68. The highest BCUT2D eigenvalue weighted by Gasteiger charge is 2.22. The molecule has 0 unspecified atom stereocenters. The molecule has 130 valence electrons. The van der Waals surface area contributed by atoms with E-state index < -0.39 is 5.97 Å². The van der Waals surface area contributed by atoms with Crippen molar-refractivity contribution in [1.82, 2.24) is 0 Å². The van der Waals surface area contributed by atoms with Crippen LogP contribution in [0.15, 0.2) is 89.8 Å². The molecule has 4 nitrogen and oxygen atoms in total. The van der Waals surface area contributed by atoms with Crippen LogP contribution in [0.2, 0.25) is 0 Å². The van der Waals surface area contributed by atoms with E-state index in [-0.39, 0.29) is 5.91 Å². The van der Waals surface area contributed by atoms with Gasteiger partial charge in [-0.15, -0.1) is 0 Å². The maximum Gasteiger partial charge on any atom is 0.339 e. The fourth-order valence-corrected chi connectivity index (χ4v) is 3.40. The lowest BCUT2D eigenvalue weighted by Crippen LogP contribution is -2.24. The molecule has 3 rings (SSSR count). The Hall–Kier alpha value is -3.05. The lowest BCUT2D eigenvalue weighted by Gasteiger charge is -2.22. The second-order valence-electron chi connectivity index (χ2n) is 5.38. The number of para-hydroxylation sites is 1. The molecule has 0 bridgehead atoms. The molecule has 5 heteroatoms. The highest BCUT2D eigenvalue weighted by molar-refractivity contribution is 8.01. The molecule has 0 radical (unpaired) electrons. The molecule has 3 aromatic rings. The van der Waals surface area contributed by atoms with Gasteiger partial charge in [0.05, 0.1) is 18.4 Å². The Labute approximate surface area is 156 Å². The van der Waals surface area contributed by atoms with Gasteiger partial charge in [-0.05, 0) is 48.3 Å². The van der Waals surface area contributed by atoms with Gasteiger partial charge in [0.1, 0.15) is 0 Å². The van der Waals surface area contributed by atoms with Gasteiger partial charge in [-0.3, -0.25) is 4.79 Å². The van der Waals surface area contributed by atoms with Crippen molar-refractivity contribution in [3.8, 4) is 0 Å². The van der Waals surface area contributed by atoms with Gasteiger partial charge >= 0.3 is 5.97 Å². The highest BCUT2D eigenvalue weighted by atomic mass is 32.2. The summed E-state index contributed by atoms with van der Waals surface area (Å²) in [6.07, 6.45) is 0. The fourth-order valence-electron chi connectivity index (χ4n) is 2.40. The van der Waals surface area contributed by atoms with Gasteiger partial charge in [-0.1, -0.05) is 48.5 Å². The van der Waals surface area contributed by atoms with Crippen LogP contribution >= 0.6 is 11.9 Å². The number of hydrogen-bond donors (Lipinski definition) is 0. The summed E-state index contributed by atoms with van der Waals surface area (Å²) < 4.78 is 6.43. The monoisotopic (exact) mass is 363 g/mol.